The zero-order valence-electron chi connectivity index (χ0n) is 33.2. The highest BCUT2D eigenvalue weighted by molar-refractivity contribution is 6.04. The monoisotopic (exact) mass is 758 g/mol. The number of esters is 2. The number of benzene rings is 4. The molecule has 0 aliphatic rings. The van der Waals surface area contributed by atoms with E-state index in [2.05, 4.69) is 21.6 Å². The lowest BCUT2D eigenvalue weighted by Crippen LogP contribution is -2.30. The average Bonchev–Trinajstić information content (AvgIpc) is 3.22. The second-order valence-electron chi connectivity index (χ2n) is 14.1. The predicted molar refractivity (Wildman–Crippen MR) is 216 cm³/mol. The summed E-state index contributed by atoms with van der Waals surface area (Å²) in [5.41, 5.74) is 3.70. The van der Waals surface area contributed by atoms with E-state index in [1.165, 1.54) is 0 Å². The first-order valence-corrected chi connectivity index (χ1v) is 18.3. The van der Waals surface area contributed by atoms with E-state index in [4.69, 9.17) is 24.7 Å². The van der Waals surface area contributed by atoms with Gasteiger partial charge in [-0.1, -0.05) is 13.8 Å². The molecule has 0 aromatic heterocycles. The second kappa shape index (κ2) is 21.4. The van der Waals surface area contributed by atoms with Gasteiger partial charge in [-0.15, -0.1) is 0 Å². The van der Waals surface area contributed by atoms with Crippen molar-refractivity contribution >= 4 is 40.6 Å². The molecule has 0 spiro atoms. The number of azo groups is 1. The zero-order valence-corrected chi connectivity index (χ0v) is 33.2. The number of nitrogens with zero attached hydrogens (tertiary/aromatic N) is 5. The lowest BCUT2D eigenvalue weighted by molar-refractivity contribution is -0.155. The Morgan fingerprint density at radius 3 is 1.61 bits per heavy atom. The van der Waals surface area contributed by atoms with E-state index in [-0.39, 0.29) is 31.1 Å². The number of amides is 1. The molecule has 4 rings (SSSR count). The summed E-state index contributed by atoms with van der Waals surface area (Å²) in [6, 6.07) is 32.0. The number of nitriles is 2. The fourth-order valence-electron chi connectivity index (χ4n) is 4.40. The Morgan fingerprint density at radius 2 is 1.12 bits per heavy atom. The first-order chi connectivity index (χ1) is 26.7. The largest absolute Gasteiger partial charge is 0.490 e. The van der Waals surface area contributed by atoms with Crippen LogP contribution in [0.4, 0.5) is 22.7 Å². The third-order valence-corrected chi connectivity index (χ3v) is 9.07. The summed E-state index contributed by atoms with van der Waals surface area (Å²) in [5, 5.41) is 28.7. The van der Waals surface area contributed by atoms with Crippen molar-refractivity contribution in [3.63, 3.8) is 0 Å². The van der Waals surface area contributed by atoms with Crippen molar-refractivity contribution in [2.75, 3.05) is 43.6 Å². The zero-order chi connectivity index (χ0) is 41.1. The number of rotatable bonds is 16. The van der Waals surface area contributed by atoms with Crippen molar-refractivity contribution in [1.82, 2.24) is 0 Å². The van der Waals surface area contributed by atoms with E-state index in [9.17, 15) is 14.4 Å². The molecule has 12 heteroatoms. The molecule has 0 saturated carbocycles. The van der Waals surface area contributed by atoms with E-state index in [1.807, 2.05) is 83.8 Å². The first kappa shape index (κ1) is 43.9. The van der Waals surface area contributed by atoms with Crippen molar-refractivity contribution in [2.24, 2.45) is 21.1 Å². The number of ether oxygens (including phenoxy) is 3. The molecular weight excluding hydrogens is 709 g/mol. The normalized spacial score (nSPS) is 10.9. The second-order valence-corrected chi connectivity index (χ2v) is 14.1. The summed E-state index contributed by atoms with van der Waals surface area (Å²) in [6.07, 6.45) is 1.46. The summed E-state index contributed by atoms with van der Waals surface area (Å²) >= 11 is 0. The van der Waals surface area contributed by atoms with Crippen LogP contribution in [0.3, 0.4) is 0 Å². The molecule has 12 nitrogen and oxygen atoms in total. The number of hydrogen-bond acceptors (Lipinski definition) is 11. The number of likely N-dealkylation sites (N-methyl/N-ethyl adjacent to an activating group) is 1. The van der Waals surface area contributed by atoms with Gasteiger partial charge in [-0.2, -0.15) is 20.8 Å². The number of carbonyl (C=O) groups is 3. The van der Waals surface area contributed by atoms with Crippen LogP contribution in [-0.2, 0) is 19.1 Å². The van der Waals surface area contributed by atoms with Gasteiger partial charge < -0.3 is 24.4 Å². The van der Waals surface area contributed by atoms with Crippen LogP contribution < -0.4 is 15.0 Å². The highest BCUT2D eigenvalue weighted by atomic mass is 16.6. The molecule has 0 bridgehead atoms. The topological polar surface area (TPSA) is 166 Å². The summed E-state index contributed by atoms with van der Waals surface area (Å²) in [5.74, 6) is -0.0805. The molecule has 0 aliphatic heterocycles. The maximum absolute atomic E-state index is 12.3. The van der Waals surface area contributed by atoms with Crippen LogP contribution in [0, 0.1) is 33.5 Å². The van der Waals surface area contributed by atoms with Crippen LogP contribution in [0.2, 0.25) is 0 Å². The molecule has 4 aromatic carbocycles. The smallest absolute Gasteiger partial charge is 0.311 e. The minimum absolute atomic E-state index is 0.165. The SMILES string of the molecule is CCC(C)(C)C(=O)OCCN(C)c1ccc(N=Nc2ccc(C#N)cc2)cc1.CCC(C)(C)C(=O)OCCOc1ccc(C(=O)Nc2ccc(C#N)cc2)cc1. The summed E-state index contributed by atoms with van der Waals surface area (Å²) < 4.78 is 16.1. The van der Waals surface area contributed by atoms with E-state index in [0.717, 1.165) is 17.8 Å². The maximum atomic E-state index is 12.3. The van der Waals surface area contributed by atoms with Crippen molar-refractivity contribution in [3.8, 4) is 17.9 Å². The average molecular weight is 759 g/mol. The van der Waals surface area contributed by atoms with Crippen molar-refractivity contribution in [3.05, 3.63) is 114 Å². The van der Waals surface area contributed by atoms with E-state index < -0.39 is 10.8 Å². The highest BCUT2D eigenvalue weighted by Gasteiger charge is 2.27. The molecule has 1 N–H and O–H groups in total. The Hall–Kier alpha value is -6.53. The molecule has 1 amide bonds. The standard InChI is InChI=1S/C22H26N4O2.C22H24N2O4/c1-5-22(2,3)21(27)28-15-14-26(4)20-12-10-19(11-13-20)25-24-18-8-6-17(16-23)7-9-18;1-4-22(2,3)21(26)28-14-13-27-19-11-7-17(8-12-19)20(25)24-18-9-5-16(15-23)6-10-18/h6-13H,5,14-15H2,1-4H3;5-12H,4,13-14H2,1-3H3,(H,24,25). The van der Waals surface area contributed by atoms with Gasteiger partial charge in [0, 0.05) is 24.0 Å². The van der Waals surface area contributed by atoms with Gasteiger partial charge in [-0.25, -0.2) is 0 Å². The number of carbonyl (C=O) groups excluding carboxylic acids is 3. The van der Waals surface area contributed by atoms with Crippen LogP contribution >= 0.6 is 0 Å². The van der Waals surface area contributed by atoms with Gasteiger partial charge in [0.25, 0.3) is 5.91 Å². The van der Waals surface area contributed by atoms with Gasteiger partial charge in [-0.3, -0.25) is 14.4 Å². The molecule has 0 heterocycles. The van der Waals surface area contributed by atoms with Gasteiger partial charge in [0.15, 0.2) is 0 Å². The Labute approximate surface area is 329 Å². The molecule has 0 fully saturated rings. The Morgan fingerprint density at radius 1 is 0.661 bits per heavy atom. The third kappa shape index (κ3) is 14.0. The van der Waals surface area contributed by atoms with Crippen molar-refractivity contribution < 1.29 is 28.6 Å². The Kier molecular flexibility index (Phi) is 16.8. The van der Waals surface area contributed by atoms with Gasteiger partial charge in [0.05, 0.1) is 52.0 Å². The van der Waals surface area contributed by atoms with Crippen LogP contribution in [0.5, 0.6) is 5.75 Å². The van der Waals surface area contributed by atoms with Crippen molar-refractivity contribution in [2.45, 2.75) is 54.4 Å². The van der Waals surface area contributed by atoms with Gasteiger partial charge in [-0.05, 0) is 138 Å². The fraction of sp³-hybridized carbons (Fsp3) is 0.341. The molecule has 0 saturated heterocycles. The summed E-state index contributed by atoms with van der Waals surface area (Å²) in [7, 11) is 1.95. The third-order valence-electron chi connectivity index (χ3n) is 9.07. The molecule has 0 unspecified atom stereocenters. The van der Waals surface area contributed by atoms with E-state index in [0.29, 0.717) is 53.4 Å². The predicted octanol–water partition coefficient (Wildman–Crippen LogP) is 9.56. The molecule has 292 valence electrons. The molecule has 0 radical (unpaired) electrons. The quantitative estimate of drug-likeness (QED) is 0.0665. The summed E-state index contributed by atoms with van der Waals surface area (Å²) in [4.78, 5) is 38.2. The van der Waals surface area contributed by atoms with E-state index in [1.54, 1.807) is 72.8 Å². The number of anilines is 2. The molecule has 4 aromatic rings. The Bertz CT molecular complexity index is 1990. The van der Waals surface area contributed by atoms with Gasteiger partial charge in [0.1, 0.15) is 25.6 Å². The molecule has 0 atom stereocenters. The van der Waals surface area contributed by atoms with Crippen molar-refractivity contribution in [1.29, 1.82) is 10.5 Å². The maximum Gasteiger partial charge on any atom is 0.311 e. The lowest BCUT2D eigenvalue weighted by atomic mass is 9.91. The molecular formula is C44H50N6O6. The minimum atomic E-state index is -0.496. The number of nitrogens with one attached hydrogen (secondary N) is 1. The lowest BCUT2D eigenvalue weighted by Gasteiger charge is -2.23. The van der Waals surface area contributed by atoms with E-state index >= 15 is 0 Å². The van der Waals surface area contributed by atoms with Crippen LogP contribution in [0.1, 0.15) is 75.9 Å². The number of hydrogen-bond donors (Lipinski definition) is 1. The van der Waals surface area contributed by atoms with Gasteiger partial charge >= 0.3 is 11.9 Å². The van der Waals surface area contributed by atoms with Crippen LogP contribution in [0.15, 0.2) is 107 Å². The molecule has 56 heavy (non-hydrogen) atoms. The summed E-state index contributed by atoms with van der Waals surface area (Å²) in [6.45, 7) is 12.8. The fourth-order valence-corrected chi connectivity index (χ4v) is 4.40. The van der Waals surface area contributed by atoms with Crippen LogP contribution in [-0.4, -0.2) is 51.3 Å². The minimum Gasteiger partial charge on any atom is -0.490 e. The Balaban J connectivity index is 0.000000300. The highest BCUT2D eigenvalue weighted by Crippen LogP contribution is 2.24. The van der Waals surface area contributed by atoms with Gasteiger partial charge in [0.2, 0.25) is 0 Å². The van der Waals surface area contributed by atoms with Crippen LogP contribution in [0.25, 0.3) is 0 Å². The molecule has 0 aliphatic carbocycles. The first-order valence-electron chi connectivity index (χ1n) is 18.3.